The first-order chi connectivity index (χ1) is 27.2. The van der Waals surface area contributed by atoms with E-state index < -0.39 is 10.4 Å². The number of fused-ring (bicyclic) bond motifs is 2. The molecule has 8 nitrogen and oxygen atoms in total. The van der Waals surface area contributed by atoms with Gasteiger partial charge in [0.25, 0.3) is 0 Å². The summed E-state index contributed by atoms with van der Waals surface area (Å²) in [5.41, 5.74) is 3.85. The Morgan fingerprint density at radius 2 is 1.04 bits per heavy atom. The van der Waals surface area contributed by atoms with Crippen molar-refractivity contribution in [3.63, 3.8) is 0 Å². The fraction of sp³-hybridized carbons (Fsp3) is 0.750. The molecule has 6 rings (SSSR count). The molecular weight excluding hydrogens is 733 g/mol. The van der Waals surface area contributed by atoms with Crippen LogP contribution in [0.15, 0.2) is 48.5 Å². The molecule has 4 aliphatic rings. The van der Waals surface area contributed by atoms with Crippen LogP contribution in [0.2, 0.25) is 0 Å². The summed E-state index contributed by atoms with van der Waals surface area (Å²) in [7, 11) is -4.67. The van der Waals surface area contributed by atoms with Gasteiger partial charge in [-0.15, -0.1) is 0 Å². The molecule has 2 saturated carbocycles. The first kappa shape index (κ1) is 47.5. The van der Waals surface area contributed by atoms with Gasteiger partial charge in [0.05, 0.1) is 13.2 Å². The SMILES string of the molecule is CCOc1cccc(C23CCCC2CN(CCC(CC)CC)C(C)C3)c1.CCOc1cccc(C23CCCC2CN(CCC(CC)CC)C(C)C3)c1.O=S(=O)(O)O. The van der Waals surface area contributed by atoms with Crippen molar-refractivity contribution in [3.05, 3.63) is 59.7 Å². The number of benzene rings is 2. The van der Waals surface area contributed by atoms with E-state index in [0.717, 1.165) is 48.4 Å². The average molecular weight is 813 g/mol. The van der Waals surface area contributed by atoms with E-state index in [0.29, 0.717) is 22.9 Å². The molecule has 2 N–H and O–H groups in total. The van der Waals surface area contributed by atoms with Crippen molar-refractivity contribution in [1.29, 1.82) is 0 Å². The molecule has 0 bridgehead atoms. The molecule has 0 aromatic heterocycles. The van der Waals surface area contributed by atoms with Gasteiger partial charge >= 0.3 is 10.4 Å². The largest absolute Gasteiger partial charge is 0.494 e. The van der Waals surface area contributed by atoms with Crippen LogP contribution in [0.25, 0.3) is 0 Å². The van der Waals surface area contributed by atoms with Crippen molar-refractivity contribution >= 4 is 10.4 Å². The van der Waals surface area contributed by atoms with Gasteiger partial charge in [0, 0.05) is 36.0 Å². The number of rotatable bonds is 16. The highest BCUT2D eigenvalue weighted by molar-refractivity contribution is 7.79. The Hall–Kier alpha value is -2.17. The Labute approximate surface area is 348 Å². The lowest BCUT2D eigenvalue weighted by Crippen LogP contribution is -2.52. The second kappa shape index (κ2) is 22.4. The quantitative estimate of drug-likeness (QED) is 0.162. The van der Waals surface area contributed by atoms with Gasteiger partial charge in [-0.3, -0.25) is 9.11 Å². The molecule has 6 atom stereocenters. The van der Waals surface area contributed by atoms with Crippen LogP contribution in [0, 0.1) is 23.7 Å². The molecule has 2 aliphatic carbocycles. The van der Waals surface area contributed by atoms with Crippen molar-refractivity contribution in [3.8, 4) is 11.5 Å². The van der Waals surface area contributed by atoms with Gasteiger partial charge in [0.2, 0.25) is 0 Å². The molecule has 9 heteroatoms. The lowest BCUT2D eigenvalue weighted by atomic mass is 9.65. The predicted octanol–water partition coefficient (Wildman–Crippen LogP) is 11.4. The highest BCUT2D eigenvalue weighted by Crippen LogP contribution is 2.54. The van der Waals surface area contributed by atoms with Gasteiger partial charge in [-0.05, 0) is 151 Å². The van der Waals surface area contributed by atoms with Crippen molar-refractivity contribution in [1.82, 2.24) is 9.80 Å². The lowest BCUT2D eigenvalue weighted by molar-refractivity contribution is 0.0583. The molecule has 0 spiro atoms. The Balaban J connectivity index is 0.000000226. The Kier molecular flexibility index (Phi) is 18.7. The fourth-order valence-electron chi connectivity index (χ4n) is 11.4. The summed E-state index contributed by atoms with van der Waals surface area (Å²) in [6, 6.07) is 19.4. The molecule has 2 aliphatic heterocycles. The second-order valence-electron chi connectivity index (χ2n) is 17.9. The van der Waals surface area contributed by atoms with Crippen molar-refractivity contribution < 1.29 is 27.0 Å². The standard InChI is InChI=1S/2C24H39NO.H2O4S/c2*1-5-20(6-2)13-15-25-18-22-11-9-14-24(22,17-19(25)4)21-10-8-12-23(16-21)26-7-3;1-5(2,3)4/h2*8,10,12,16,19-20,22H,5-7,9,11,13-15,17-18H2,1-4H3;(H2,1,2,3,4). The number of hydrogen-bond acceptors (Lipinski definition) is 6. The zero-order valence-corrected chi connectivity index (χ0v) is 37.9. The van der Waals surface area contributed by atoms with Gasteiger partial charge in [-0.1, -0.05) is 90.5 Å². The van der Waals surface area contributed by atoms with E-state index in [1.165, 1.54) is 127 Å². The van der Waals surface area contributed by atoms with Crippen LogP contribution in [0.1, 0.15) is 156 Å². The van der Waals surface area contributed by atoms with E-state index >= 15 is 0 Å². The molecule has 0 radical (unpaired) electrons. The second-order valence-corrected chi connectivity index (χ2v) is 18.8. The number of hydrogen-bond donors (Lipinski definition) is 2. The first-order valence-corrected chi connectivity index (χ1v) is 24.3. The molecule has 6 unspecified atom stereocenters. The number of ether oxygens (including phenoxy) is 2. The van der Waals surface area contributed by atoms with Gasteiger partial charge < -0.3 is 19.3 Å². The highest BCUT2D eigenvalue weighted by Gasteiger charge is 2.50. The van der Waals surface area contributed by atoms with Gasteiger partial charge in [0.15, 0.2) is 0 Å². The van der Waals surface area contributed by atoms with Crippen molar-refractivity contribution in [2.45, 2.75) is 168 Å². The van der Waals surface area contributed by atoms with Crippen LogP contribution in [0.4, 0.5) is 0 Å². The maximum absolute atomic E-state index is 8.74. The van der Waals surface area contributed by atoms with Crippen LogP contribution < -0.4 is 9.47 Å². The summed E-state index contributed by atoms with van der Waals surface area (Å²) in [6.07, 6.45) is 19.0. The summed E-state index contributed by atoms with van der Waals surface area (Å²) >= 11 is 0. The molecule has 324 valence electrons. The monoisotopic (exact) mass is 813 g/mol. The van der Waals surface area contributed by atoms with E-state index in [1.54, 1.807) is 0 Å². The van der Waals surface area contributed by atoms with Crippen LogP contribution >= 0.6 is 0 Å². The van der Waals surface area contributed by atoms with Gasteiger partial charge in [0.1, 0.15) is 11.5 Å². The smallest absolute Gasteiger partial charge is 0.394 e. The molecule has 2 aromatic rings. The summed E-state index contributed by atoms with van der Waals surface area (Å²) in [5.74, 6) is 5.54. The number of likely N-dealkylation sites (tertiary alicyclic amines) is 2. The summed E-state index contributed by atoms with van der Waals surface area (Å²) in [5, 5.41) is 0. The van der Waals surface area contributed by atoms with Gasteiger partial charge in [-0.25, -0.2) is 0 Å². The van der Waals surface area contributed by atoms with E-state index in [1.807, 2.05) is 0 Å². The third kappa shape index (κ3) is 12.9. The van der Waals surface area contributed by atoms with E-state index in [2.05, 4.69) is 114 Å². The minimum absolute atomic E-state index is 0.387. The minimum atomic E-state index is -4.67. The third-order valence-corrected chi connectivity index (χ3v) is 14.8. The highest BCUT2D eigenvalue weighted by atomic mass is 32.3. The van der Waals surface area contributed by atoms with Crippen LogP contribution in [0.5, 0.6) is 11.5 Å². The molecule has 0 amide bonds. The van der Waals surface area contributed by atoms with E-state index in [-0.39, 0.29) is 0 Å². The van der Waals surface area contributed by atoms with E-state index in [9.17, 15) is 0 Å². The maximum atomic E-state index is 8.74. The topological polar surface area (TPSA) is 99.5 Å². The van der Waals surface area contributed by atoms with Crippen LogP contribution in [0.3, 0.4) is 0 Å². The zero-order chi connectivity index (χ0) is 41.6. The maximum Gasteiger partial charge on any atom is 0.394 e. The lowest BCUT2D eigenvalue weighted by Gasteiger charge is -2.49. The number of piperidine rings is 2. The Morgan fingerprint density at radius 3 is 1.37 bits per heavy atom. The predicted molar refractivity (Wildman–Crippen MR) is 236 cm³/mol. The summed E-state index contributed by atoms with van der Waals surface area (Å²) < 4.78 is 43.2. The molecule has 2 saturated heterocycles. The summed E-state index contributed by atoms with van der Waals surface area (Å²) in [6.45, 7) is 25.1. The van der Waals surface area contributed by atoms with Crippen molar-refractivity contribution in [2.75, 3.05) is 39.4 Å². The number of nitrogens with zero attached hydrogens (tertiary/aromatic N) is 2. The molecule has 4 fully saturated rings. The van der Waals surface area contributed by atoms with E-state index in [4.69, 9.17) is 27.0 Å². The molecule has 2 aromatic carbocycles. The van der Waals surface area contributed by atoms with Gasteiger partial charge in [-0.2, -0.15) is 8.42 Å². The zero-order valence-electron chi connectivity index (χ0n) is 37.1. The minimum Gasteiger partial charge on any atom is -0.494 e. The Bertz CT molecular complexity index is 1470. The average Bonchev–Trinajstić information content (AvgIpc) is 3.80. The third-order valence-electron chi connectivity index (χ3n) is 14.8. The molecular formula is C48H80N2O6S. The van der Waals surface area contributed by atoms with Crippen LogP contribution in [-0.2, 0) is 21.2 Å². The van der Waals surface area contributed by atoms with Crippen molar-refractivity contribution in [2.24, 2.45) is 23.7 Å². The summed E-state index contributed by atoms with van der Waals surface area (Å²) in [4.78, 5) is 5.61. The fourth-order valence-corrected chi connectivity index (χ4v) is 11.4. The van der Waals surface area contributed by atoms with Crippen LogP contribution in [-0.4, -0.2) is 78.8 Å². The normalized spacial score (nSPS) is 27.6. The first-order valence-electron chi connectivity index (χ1n) is 22.9. The molecule has 2 heterocycles. The molecule has 57 heavy (non-hydrogen) atoms. The Morgan fingerprint density at radius 1 is 0.667 bits per heavy atom.